The second-order valence-electron chi connectivity index (χ2n) is 4.53. The second kappa shape index (κ2) is 7.20. The number of hydrogen-bond acceptors (Lipinski definition) is 1. The van der Waals surface area contributed by atoms with Crippen LogP contribution < -0.4 is 5.32 Å². The van der Waals surface area contributed by atoms with Crippen LogP contribution in [-0.2, 0) is 23.1 Å². The maximum Gasteiger partial charge on any atom is 0.224 e. The fourth-order valence-corrected chi connectivity index (χ4v) is 2.22. The molecule has 2 nitrogen and oxygen atoms in total. The van der Waals surface area contributed by atoms with Gasteiger partial charge in [0.05, 0.1) is 6.42 Å². The lowest BCUT2D eigenvalue weighted by Gasteiger charge is -2.06. The normalized spacial score (nSPS) is 10.3. The second-order valence-corrected chi connectivity index (χ2v) is 5.09. The molecule has 0 heterocycles. The van der Waals surface area contributed by atoms with E-state index in [0.29, 0.717) is 6.54 Å². The quantitative estimate of drug-likeness (QED) is 0.831. The fraction of sp³-hybridized carbons (Fsp3) is 0.188. The minimum absolute atomic E-state index is 0.0687. The monoisotopic (exact) mass is 335 g/mol. The molecule has 0 bridgehead atoms. The van der Waals surface area contributed by atoms with Gasteiger partial charge in [-0.2, -0.15) is 0 Å². The Morgan fingerprint density at radius 2 is 1.75 bits per heavy atom. The summed E-state index contributed by atoms with van der Waals surface area (Å²) in [5.74, 6) is -0.360. The summed E-state index contributed by atoms with van der Waals surface area (Å²) >= 11 is 3.40. The number of hydrogen-bond donors (Lipinski definition) is 1. The highest BCUT2D eigenvalue weighted by atomic mass is 79.9. The summed E-state index contributed by atoms with van der Waals surface area (Å²) in [5.41, 5.74) is 3.04. The van der Waals surface area contributed by atoms with Crippen LogP contribution in [0.4, 0.5) is 4.39 Å². The molecule has 4 heteroatoms. The number of benzene rings is 2. The summed E-state index contributed by atoms with van der Waals surface area (Å²) in [5, 5.41) is 3.66. The molecule has 0 spiro atoms. The third kappa shape index (κ3) is 4.46. The Labute approximate surface area is 126 Å². The molecular weight excluding hydrogens is 321 g/mol. The first-order valence-corrected chi connectivity index (χ1v) is 7.44. The summed E-state index contributed by atoms with van der Waals surface area (Å²) in [7, 11) is 0. The van der Waals surface area contributed by atoms with Crippen molar-refractivity contribution in [3.05, 3.63) is 71.0 Å². The van der Waals surface area contributed by atoms with Gasteiger partial charge in [-0.1, -0.05) is 52.3 Å². The van der Waals surface area contributed by atoms with E-state index in [0.717, 1.165) is 16.5 Å². The van der Waals surface area contributed by atoms with Crippen molar-refractivity contribution in [1.29, 1.82) is 0 Å². The van der Waals surface area contributed by atoms with Crippen LogP contribution >= 0.6 is 15.9 Å². The van der Waals surface area contributed by atoms with Gasteiger partial charge in [0.15, 0.2) is 0 Å². The molecule has 0 radical (unpaired) electrons. The smallest absolute Gasteiger partial charge is 0.224 e. The van der Waals surface area contributed by atoms with Crippen molar-refractivity contribution in [2.24, 2.45) is 0 Å². The Balaban J connectivity index is 1.87. The minimum Gasteiger partial charge on any atom is -0.352 e. The molecule has 1 N–H and O–H groups in total. The average molecular weight is 336 g/mol. The van der Waals surface area contributed by atoms with E-state index in [9.17, 15) is 9.18 Å². The first-order valence-electron chi connectivity index (χ1n) is 6.32. The Kier molecular flexibility index (Phi) is 5.30. The number of carbonyl (C=O) groups is 1. The molecule has 20 heavy (non-hydrogen) atoms. The summed E-state index contributed by atoms with van der Waals surface area (Å²) in [6.07, 6.45) is 0.262. The lowest BCUT2D eigenvalue weighted by Crippen LogP contribution is -2.24. The van der Waals surface area contributed by atoms with E-state index in [2.05, 4.69) is 21.2 Å². The van der Waals surface area contributed by atoms with Crippen LogP contribution in [0, 0.1) is 5.82 Å². The predicted molar refractivity (Wildman–Crippen MR) is 81.0 cm³/mol. The molecule has 0 aliphatic heterocycles. The first-order chi connectivity index (χ1) is 9.67. The van der Waals surface area contributed by atoms with Crippen LogP contribution in [0.1, 0.15) is 16.7 Å². The highest BCUT2D eigenvalue weighted by Crippen LogP contribution is 2.09. The Morgan fingerprint density at radius 3 is 2.45 bits per heavy atom. The van der Waals surface area contributed by atoms with E-state index < -0.39 is 0 Å². The van der Waals surface area contributed by atoms with Crippen LogP contribution in [0.3, 0.4) is 0 Å². The molecule has 0 aliphatic carbocycles. The Hall–Kier alpha value is -1.68. The van der Waals surface area contributed by atoms with Gasteiger partial charge in [-0.05, 0) is 28.8 Å². The van der Waals surface area contributed by atoms with E-state index in [1.54, 1.807) is 12.1 Å². The molecular formula is C16H15BrFNO. The Bertz CT molecular complexity index is 583. The molecule has 104 valence electrons. The molecule has 2 rings (SSSR count). The van der Waals surface area contributed by atoms with Crippen molar-refractivity contribution in [3.63, 3.8) is 0 Å². The highest BCUT2D eigenvalue weighted by Gasteiger charge is 2.04. The standard InChI is InChI=1S/C16H15BrFNO/c17-10-13-2-1-3-14(8-13)11-19-16(20)9-12-4-6-15(18)7-5-12/h1-8H,9-11H2,(H,19,20). The van der Waals surface area contributed by atoms with E-state index in [1.165, 1.54) is 17.7 Å². The molecule has 0 unspecified atom stereocenters. The minimum atomic E-state index is -0.291. The molecule has 0 aliphatic rings. The van der Waals surface area contributed by atoms with Gasteiger partial charge in [0.1, 0.15) is 5.82 Å². The highest BCUT2D eigenvalue weighted by molar-refractivity contribution is 9.08. The predicted octanol–water partition coefficient (Wildman–Crippen LogP) is 3.58. The fourth-order valence-electron chi connectivity index (χ4n) is 1.87. The zero-order valence-electron chi connectivity index (χ0n) is 10.9. The zero-order valence-corrected chi connectivity index (χ0v) is 12.5. The molecule has 0 fully saturated rings. The van der Waals surface area contributed by atoms with E-state index in [-0.39, 0.29) is 18.1 Å². The number of amides is 1. The van der Waals surface area contributed by atoms with Crippen molar-refractivity contribution >= 4 is 21.8 Å². The van der Waals surface area contributed by atoms with Crippen molar-refractivity contribution in [2.75, 3.05) is 0 Å². The molecule has 1 amide bonds. The maximum absolute atomic E-state index is 12.8. The van der Waals surface area contributed by atoms with E-state index in [4.69, 9.17) is 0 Å². The number of nitrogens with one attached hydrogen (secondary N) is 1. The molecule has 2 aromatic carbocycles. The zero-order chi connectivity index (χ0) is 14.4. The number of alkyl halides is 1. The van der Waals surface area contributed by atoms with Gasteiger partial charge < -0.3 is 5.32 Å². The number of rotatable bonds is 5. The van der Waals surface area contributed by atoms with Crippen molar-refractivity contribution in [3.8, 4) is 0 Å². The maximum atomic E-state index is 12.8. The van der Waals surface area contributed by atoms with Gasteiger partial charge in [-0.15, -0.1) is 0 Å². The van der Waals surface area contributed by atoms with Gasteiger partial charge in [0.25, 0.3) is 0 Å². The SMILES string of the molecule is O=C(Cc1ccc(F)cc1)NCc1cccc(CBr)c1. The van der Waals surface area contributed by atoms with Crippen LogP contribution in [0.15, 0.2) is 48.5 Å². The van der Waals surface area contributed by atoms with Crippen LogP contribution in [0.5, 0.6) is 0 Å². The van der Waals surface area contributed by atoms with Crippen molar-refractivity contribution in [2.45, 2.75) is 18.3 Å². The van der Waals surface area contributed by atoms with Crippen molar-refractivity contribution < 1.29 is 9.18 Å². The average Bonchev–Trinajstić information content (AvgIpc) is 2.48. The number of carbonyl (C=O) groups excluding carboxylic acids is 1. The van der Waals surface area contributed by atoms with Crippen LogP contribution in [0.25, 0.3) is 0 Å². The summed E-state index contributed by atoms with van der Waals surface area (Å²) in [4.78, 5) is 11.8. The third-order valence-electron chi connectivity index (χ3n) is 2.91. The van der Waals surface area contributed by atoms with E-state index in [1.807, 2.05) is 24.3 Å². The number of halogens is 2. The topological polar surface area (TPSA) is 29.1 Å². The molecule has 0 saturated heterocycles. The third-order valence-corrected chi connectivity index (χ3v) is 3.56. The summed E-state index contributed by atoms with van der Waals surface area (Å²) < 4.78 is 12.8. The largest absolute Gasteiger partial charge is 0.352 e. The lowest BCUT2D eigenvalue weighted by molar-refractivity contribution is -0.120. The summed E-state index contributed by atoms with van der Waals surface area (Å²) in [6.45, 7) is 0.501. The molecule has 2 aromatic rings. The van der Waals surface area contributed by atoms with Crippen molar-refractivity contribution in [1.82, 2.24) is 5.32 Å². The lowest BCUT2D eigenvalue weighted by atomic mass is 10.1. The van der Waals surface area contributed by atoms with Gasteiger partial charge in [-0.25, -0.2) is 4.39 Å². The summed E-state index contributed by atoms with van der Waals surface area (Å²) in [6, 6.07) is 14.0. The van der Waals surface area contributed by atoms with Gasteiger partial charge >= 0.3 is 0 Å². The van der Waals surface area contributed by atoms with Gasteiger partial charge in [-0.3, -0.25) is 4.79 Å². The van der Waals surface area contributed by atoms with E-state index >= 15 is 0 Å². The molecule has 0 atom stereocenters. The Morgan fingerprint density at radius 1 is 1.05 bits per heavy atom. The molecule has 0 aromatic heterocycles. The van der Waals surface area contributed by atoms with Crippen LogP contribution in [0.2, 0.25) is 0 Å². The van der Waals surface area contributed by atoms with Gasteiger partial charge in [0.2, 0.25) is 5.91 Å². The first kappa shape index (κ1) is 14.7. The van der Waals surface area contributed by atoms with Crippen LogP contribution in [-0.4, -0.2) is 5.91 Å². The molecule has 0 saturated carbocycles. The van der Waals surface area contributed by atoms with Gasteiger partial charge in [0, 0.05) is 11.9 Å².